The Morgan fingerprint density at radius 3 is 2.25 bits per heavy atom. The average Bonchev–Trinajstić information content (AvgIpc) is 2.66. The van der Waals surface area contributed by atoms with Crippen molar-refractivity contribution in [3.8, 4) is 0 Å². The van der Waals surface area contributed by atoms with Gasteiger partial charge in [0, 0.05) is 12.3 Å². The van der Waals surface area contributed by atoms with Crippen LogP contribution in [0.15, 0.2) is 0 Å². The van der Waals surface area contributed by atoms with Gasteiger partial charge in [0.15, 0.2) is 0 Å². The Kier molecular flexibility index (Phi) is 5.91. The fourth-order valence-corrected chi connectivity index (χ4v) is 5.33. The maximum absolute atomic E-state index is 11.7. The highest BCUT2D eigenvalue weighted by molar-refractivity contribution is 7.91. The van der Waals surface area contributed by atoms with Crippen LogP contribution in [0, 0.1) is 11.8 Å². The lowest BCUT2D eigenvalue weighted by molar-refractivity contribution is 0.261. The minimum absolute atomic E-state index is 0.138. The molecule has 2 saturated carbocycles. The first-order valence-electron chi connectivity index (χ1n) is 8.41. The van der Waals surface area contributed by atoms with Crippen molar-refractivity contribution >= 4 is 9.84 Å². The van der Waals surface area contributed by atoms with E-state index in [1.807, 2.05) is 0 Å². The highest BCUT2D eigenvalue weighted by Gasteiger charge is 2.32. The summed E-state index contributed by atoms with van der Waals surface area (Å²) >= 11 is 0. The lowest BCUT2D eigenvalue weighted by Crippen LogP contribution is -2.38. The van der Waals surface area contributed by atoms with Crippen molar-refractivity contribution in [2.24, 2.45) is 17.6 Å². The van der Waals surface area contributed by atoms with Gasteiger partial charge in [0.25, 0.3) is 0 Å². The SMILES string of the molecule is CS(=O)(=O)C1CCCC(C(N)CC2CCCCCC2)C1. The lowest BCUT2D eigenvalue weighted by Gasteiger charge is -2.33. The number of nitrogens with two attached hydrogens (primary N) is 1. The third-order valence-corrected chi connectivity index (χ3v) is 7.10. The minimum atomic E-state index is -2.89. The van der Waals surface area contributed by atoms with E-state index in [9.17, 15) is 8.42 Å². The summed E-state index contributed by atoms with van der Waals surface area (Å²) in [6.07, 6.45) is 14.4. The van der Waals surface area contributed by atoms with Crippen molar-refractivity contribution in [1.82, 2.24) is 0 Å². The Hall–Kier alpha value is -0.0900. The van der Waals surface area contributed by atoms with Crippen LogP contribution in [-0.2, 0) is 9.84 Å². The molecule has 0 aromatic rings. The van der Waals surface area contributed by atoms with E-state index in [1.165, 1.54) is 44.8 Å². The maximum atomic E-state index is 11.7. The van der Waals surface area contributed by atoms with Gasteiger partial charge in [-0.1, -0.05) is 44.9 Å². The quantitative estimate of drug-likeness (QED) is 0.811. The summed E-state index contributed by atoms with van der Waals surface area (Å²) in [4.78, 5) is 0. The van der Waals surface area contributed by atoms with Gasteiger partial charge < -0.3 is 5.73 Å². The van der Waals surface area contributed by atoms with Gasteiger partial charge in [0.2, 0.25) is 0 Å². The van der Waals surface area contributed by atoms with Crippen molar-refractivity contribution in [3.05, 3.63) is 0 Å². The summed E-state index contributed by atoms with van der Waals surface area (Å²) in [7, 11) is -2.89. The summed E-state index contributed by atoms with van der Waals surface area (Å²) < 4.78 is 23.5. The zero-order valence-electron chi connectivity index (χ0n) is 12.9. The molecular formula is C16H31NO2S. The highest BCUT2D eigenvalue weighted by atomic mass is 32.2. The smallest absolute Gasteiger partial charge is 0.150 e. The van der Waals surface area contributed by atoms with E-state index in [2.05, 4.69) is 0 Å². The Balaban J connectivity index is 1.86. The van der Waals surface area contributed by atoms with Crippen molar-refractivity contribution in [1.29, 1.82) is 0 Å². The summed E-state index contributed by atoms with van der Waals surface area (Å²) in [6.45, 7) is 0. The summed E-state index contributed by atoms with van der Waals surface area (Å²) in [5.74, 6) is 1.21. The molecule has 0 radical (unpaired) electrons. The molecule has 3 nitrogen and oxygen atoms in total. The average molecular weight is 301 g/mol. The first kappa shape index (κ1) is 16.3. The van der Waals surface area contributed by atoms with Gasteiger partial charge in [-0.3, -0.25) is 0 Å². The second kappa shape index (κ2) is 7.26. The molecule has 0 amide bonds. The van der Waals surface area contributed by atoms with Gasteiger partial charge in [0.1, 0.15) is 9.84 Å². The number of sulfone groups is 1. The van der Waals surface area contributed by atoms with Crippen LogP contribution in [0.25, 0.3) is 0 Å². The van der Waals surface area contributed by atoms with Crippen LogP contribution in [0.1, 0.15) is 70.6 Å². The molecule has 3 atom stereocenters. The number of hydrogen-bond acceptors (Lipinski definition) is 3. The van der Waals surface area contributed by atoms with Crippen LogP contribution in [0.5, 0.6) is 0 Å². The molecule has 0 aromatic heterocycles. The van der Waals surface area contributed by atoms with Gasteiger partial charge in [-0.25, -0.2) is 8.42 Å². The molecule has 2 rings (SSSR count). The normalized spacial score (nSPS) is 31.7. The second-order valence-electron chi connectivity index (χ2n) is 7.14. The molecular weight excluding hydrogens is 270 g/mol. The fraction of sp³-hybridized carbons (Fsp3) is 1.00. The largest absolute Gasteiger partial charge is 0.327 e. The van der Waals surface area contributed by atoms with Crippen molar-refractivity contribution in [2.75, 3.05) is 6.26 Å². The van der Waals surface area contributed by atoms with E-state index in [4.69, 9.17) is 5.73 Å². The van der Waals surface area contributed by atoms with E-state index in [0.717, 1.165) is 38.0 Å². The number of hydrogen-bond donors (Lipinski definition) is 1. The van der Waals surface area contributed by atoms with Crippen LogP contribution in [-0.4, -0.2) is 26.0 Å². The molecule has 2 N–H and O–H groups in total. The van der Waals surface area contributed by atoms with Gasteiger partial charge in [0.05, 0.1) is 5.25 Å². The van der Waals surface area contributed by atoms with Crippen LogP contribution in [0.3, 0.4) is 0 Å². The fourth-order valence-electron chi connectivity index (χ4n) is 4.14. The Labute approximate surface area is 124 Å². The van der Waals surface area contributed by atoms with Gasteiger partial charge in [-0.15, -0.1) is 0 Å². The predicted molar refractivity (Wildman–Crippen MR) is 84.4 cm³/mol. The summed E-state index contributed by atoms with van der Waals surface area (Å²) in [5.41, 5.74) is 6.44. The maximum Gasteiger partial charge on any atom is 0.150 e. The molecule has 4 heteroatoms. The lowest BCUT2D eigenvalue weighted by atomic mass is 9.79. The third kappa shape index (κ3) is 4.73. The van der Waals surface area contributed by atoms with E-state index >= 15 is 0 Å². The van der Waals surface area contributed by atoms with E-state index in [-0.39, 0.29) is 11.3 Å². The second-order valence-corrected chi connectivity index (χ2v) is 9.46. The van der Waals surface area contributed by atoms with Crippen LogP contribution >= 0.6 is 0 Å². The molecule has 20 heavy (non-hydrogen) atoms. The van der Waals surface area contributed by atoms with E-state index < -0.39 is 9.84 Å². The van der Waals surface area contributed by atoms with Crippen LogP contribution < -0.4 is 5.73 Å². The predicted octanol–water partition coefficient (Wildman–Crippen LogP) is 3.28. The molecule has 2 fully saturated rings. The standard InChI is InChI=1S/C16H31NO2S/c1-20(18,19)15-10-6-9-14(12-15)16(17)11-13-7-4-2-3-5-8-13/h13-16H,2-12,17H2,1H3. The van der Waals surface area contributed by atoms with Crippen molar-refractivity contribution in [2.45, 2.75) is 81.9 Å². The highest BCUT2D eigenvalue weighted by Crippen LogP contribution is 2.34. The van der Waals surface area contributed by atoms with Gasteiger partial charge in [-0.05, 0) is 37.5 Å². The van der Waals surface area contributed by atoms with Crippen LogP contribution in [0.2, 0.25) is 0 Å². The topological polar surface area (TPSA) is 60.2 Å². The summed E-state index contributed by atoms with van der Waals surface area (Å²) in [6, 6.07) is 0.211. The molecule has 118 valence electrons. The van der Waals surface area contributed by atoms with E-state index in [0.29, 0.717) is 5.92 Å². The number of rotatable bonds is 4. The molecule has 2 aliphatic carbocycles. The molecule has 3 unspecified atom stereocenters. The monoisotopic (exact) mass is 301 g/mol. The summed E-state index contributed by atoms with van der Waals surface area (Å²) in [5, 5.41) is -0.138. The first-order chi connectivity index (χ1) is 9.47. The molecule has 0 aromatic carbocycles. The van der Waals surface area contributed by atoms with Crippen molar-refractivity contribution in [3.63, 3.8) is 0 Å². The molecule has 0 saturated heterocycles. The Morgan fingerprint density at radius 2 is 1.65 bits per heavy atom. The first-order valence-corrected chi connectivity index (χ1v) is 10.4. The third-order valence-electron chi connectivity index (χ3n) is 5.46. The Bertz CT molecular complexity index is 385. The zero-order chi connectivity index (χ0) is 14.6. The van der Waals surface area contributed by atoms with Gasteiger partial charge in [-0.2, -0.15) is 0 Å². The molecule has 0 heterocycles. The zero-order valence-corrected chi connectivity index (χ0v) is 13.7. The van der Waals surface area contributed by atoms with Crippen molar-refractivity contribution < 1.29 is 8.42 Å². The van der Waals surface area contributed by atoms with E-state index in [1.54, 1.807) is 0 Å². The Morgan fingerprint density at radius 1 is 1.00 bits per heavy atom. The molecule has 0 bridgehead atoms. The molecule has 2 aliphatic rings. The van der Waals surface area contributed by atoms with Gasteiger partial charge >= 0.3 is 0 Å². The molecule has 0 aliphatic heterocycles. The minimum Gasteiger partial charge on any atom is -0.327 e. The van der Waals surface area contributed by atoms with Crippen LogP contribution in [0.4, 0.5) is 0 Å². The molecule has 0 spiro atoms.